The van der Waals surface area contributed by atoms with Gasteiger partial charge in [-0.3, -0.25) is 9.69 Å². The first kappa shape index (κ1) is 15.8. The quantitative estimate of drug-likeness (QED) is 0.745. The van der Waals surface area contributed by atoms with E-state index in [-0.39, 0.29) is 0 Å². The first-order valence-corrected chi connectivity index (χ1v) is 8.78. The van der Waals surface area contributed by atoms with Gasteiger partial charge in [0.15, 0.2) is 0 Å². The molecule has 0 aromatic rings. The number of carbonyl (C=O) groups is 1. The summed E-state index contributed by atoms with van der Waals surface area (Å²) in [6.45, 7) is 9.00. The number of unbranched alkanes of at least 4 members (excludes halogenated alkanes) is 2. The second-order valence-electron chi connectivity index (χ2n) is 6.59. The highest BCUT2D eigenvalue weighted by atomic mass is 16.2. The maximum absolute atomic E-state index is 12.2. The van der Waals surface area contributed by atoms with Crippen LogP contribution in [0.25, 0.3) is 0 Å². The second-order valence-corrected chi connectivity index (χ2v) is 6.59. The number of fused-ring (bicyclic) bond motifs is 1. The highest BCUT2D eigenvalue weighted by Crippen LogP contribution is 2.31. The van der Waals surface area contributed by atoms with Gasteiger partial charge in [-0.15, -0.1) is 0 Å². The molecule has 0 spiro atoms. The van der Waals surface area contributed by atoms with Crippen LogP contribution in [0.3, 0.4) is 0 Å². The molecule has 2 aliphatic heterocycles. The van der Waals surface area contributed by atoms with Crippen LogP contribution < -0.4 is 0 Å². The first-order chi connectivity index (χ1) is 9.76. The Morgan fingerprint density at radius 3 is 2.65 bits per heavy atom. The Labute approximate surface area is 124 Å². The van der Waals surface area contributed by atoms with Crippen LogP contribution >= 0.6 is 0 Å². The Balaban J connectivity index is 1.85. The van der Waals surface area contributed by atoms with E-state index >= 15 is 0 Å². The zero-order valence-corrected chi connectivity index (χ0v) is 13.4. The summed E-state index contributed by atoms with van der Waals surface area (Å²) >= 11 is 0. The average molecular weight is 280 g/mol. The summed E-state index contributed by atoms with van der Waals surface area (Å²) in [6, 6.07) is 0.755. The summed E-state index contributed by atoms with van der Waals surface area (Å²) in [5, 5.41) is 0. The van der Waals surface area contributed by atoms with Crippen LogP contribution in [-0.2, 0) is 4.79 Å². The molecule has 0 radical (unpaired) electrons. The van der Waals surface area contributed by atoms with Gasteiger partial charge in [-0.2, -0.15) is 0 Å². The fraction of sp³-hybridized carbons (Fsp3) is 0.941. The van der Waals surface area contributed by atoms with Gasteiger partial charge in [0.2, 0.25) is 5.91 Å². The van der Waals surface area contributed by atoms with Gasteiger partial charge < -0.3 is 4.90 Å². The van der Waals surface area contributed by atoms with Crippen molar-refractivity contribution < 1.29 is 4.79 Å². The summed E-state index contributed by atoms with van der Waals surface area (Å²) in [5.41, 5.74) is 0. The molecule has 3 heteroatoms. The smallest absolute Gasteiger partial charge is 0.222 e. The van der Waals surface area contributed by atoms with Crippen LogP contribution in [0.2, 0.25) is 0 Å². The summed E-state index contributed by atoms with van der Waals surface area (Å²) in [7, 11) is 0. The summed E-state index contributed by atoms with van der Waals surface area (Å²) in [5.74, 6) is 1.14. The van der Waals surface area contributed by atoms with Crippen LogP contribution in [0, 0.1) is 5.92 Å². The molecule has 2 rings (SSSR count). The highest BCUT2D eigenvalue weighted by Gasteiger charge is 2.36. The molecule has 20 heavy (non-hydrogen) atoms. The maximum atomic E-state index is 12.2. The maximum Gasteiger partial charge on any atom is 0.222 e. The number of piperidine rings is 2. The largest absolute Gasteiger partial charge is 0.342 e. The predicted octanol–water partition coefficient (Wildman–Crippen LogP) is 3.29. The van der Waals surface area contributed by atoms with Crippen molar-refractivity contribution in [2.75, 3.05) is 26.2 Å². The van der Waals surface area contributed by atoms with Crippen LogP contribution in [0.5, 0.6) is 0 Å². The molecule has 116 valence electrons. The summed E-state index contributed by atoms with van der Waals surface area (Å²) < 4.78 is 0. The van der Waals surface area contributed by atoms with Gasteiger partial charge in [-0.25, -0.2) is 0 Å². The van der Waals surface area contributed by atoms with Gasteiger partial charge in [0.25, 0.3) is 0 Å². The molecule has 1 amide bonds. The first-order valence-electron chi connectivity index (χ1n) is 8.78. The van der Waals surface area contributed by atoms with Crippen LogP contribution in [-0.4, -0.2) is 47.9 Å². The number of hydrogen-bond acceptors (Lipinski definition) is 2. The number of amides is 1. The van der Waals surface area contributed by atoms with Crippen molar-refractivity contribution in [1.82, 2.24) is 9.80 Å². The highest BCUT2D eigenvalue weighted by molar-refractivity contribution is 5.76. The fourth-order valence-corrected chi connectivity index (χ4v) is 3.86. The predicted molar refractivity (Wildman–Crippen MR) is 83.7 cm³/mol. The van der Waals surface area contributed by atoms with Gasteiger partial charge >= 0.3 is 0 Å². The van der Waals surface area contributed by atoms with E-state index in [0.29, 0.717) is 5.91 Å². The molecule has 0 aromatic carbocycles. The van der Waals surface area contributed by atoms with E-state index in [9.17, 15) is 4.79 Å². The number of nitrogens with zero attached hydrogens (tertiary/aromatic N) is 2. The van der Waals surface area contributed by atoms with Crippen molar-refractivity contribution in [2.24, 2.45) is 5.92 Å². The van der Waals surface area contributed by atoms with Crippen molar-refractivity contribution in [3.63, 3.8) is 0 Å². The van der Waals surface area contributed by atoms with Crippen molar-refractivity contribution in [1.29, 1.82) is 0 Å². The summed E-state index contributed by atoms with van der Waals surface area (Å²) in [4.78, 5) is 17.1. The van der Waals surface area contributed by atoms with E-state index in [2.05, 4.69) is 23.6 Å². The van der Waals surface area contributed by atoms with E-state index in [1.807, 2.05) is 0 Å². The van der Waals surface area contributed by atoms with Crippen LogP contribution in [0.15, 0.2) is 0 Å². The molecular weight excluding hydrogens is 248 g/mol. The Morgan fingerprint density at radius 1 is 1.10 bits per heavy atom. The minimum Gasteiger partial charge on any atom is -0.342 e. The molecule has 2 heterocycles. The monoisotopic (exact) mass is 280 g/mol. The van der Waals surface area contributed by atoms with Gasteiger partial charge in [0.1, 0.15) is 0 Å². The third-order valence-corrected chi connectivity index (χ3v) is 5.08. The number of carbonyl (C=O) groups excluding carboxylic acids is 1. The lowest BCUT2D eigenvalue weighted by Gasteiger charge is -2.47. The fourth-order valence-electron chi connectivity index (χ4n) is 3.86. The number of hydrogen-bond donors (Lipinski definition) is 0. The number of rotatable bonds is 6. The number of likely N-dealkylation sites (tertiary alicyclic amines) is 2. The molecule has 0 unspecified atom stereocenters. The molecule has 2 fully saturated rings. The minimum atomic E-state index is 0.399. The molecule has 3 nitrogen and oxygen atoms in total. The Hall–Kier alpha value is -0.570. The Kier molecular flexibility index (Phi) is 6.34. The molecule has 2 saturated heterocycles. The Morgan fingerprint density at radius 2 is 1.90 bits per heavy atom. The third kappa shape index (κ3) is 3.97. The van der Waals surface area contributed by atoms with Gasteiger partial charge in [-0.1, -0.05) is 26.7 Å². The lowest BCUT2D eigenvalue weighted by atomic mass is 9.83. The normalized spacial score (nSPS) is 27.4. The molecule has 0 bridgehead atoms. The van der Waals surface area contributed by atoms with Crippen molar-refractivity contribution in [3.8, 4) is 0 Å². The lowest BCUT2D eigenvalue weighted by molar-refractivity contribution is -0.135. The summed E-state index contributed by atoms with van der Waals surface area (Å²) in [6.07, 6.45) is 9.38. The zero-order valence-electron chi connectivity index (χ0n) is 13.4. The third-order valence-electron chi connectivity index (χ3n) is 5.08. The second kappa shape index (κ2) is 8.02. The minimum absolute atomic E-state index is 0.399. The molecule has 0 N–H and O–H groups in total. The SMILES string of the molecule is CCCCC(=O)N1CC[C@@H]2[C@H](CCCN2CCCC)C1. The molecule has 0 aliphatic carbocycles. The van der Waals surface area contributed by atoms with Crippen molar-refractivity contribution in [3.05, 3.63) is 0 Å². The zero-order chi connectivity index (χ0) is 14.4. The lowest BCUT2D eigenvalue weighted by Crippen LogP contribution is -2.55. The van der Waals surface area contributed by atoms with Crippen molar-refractivity contribution in [2.45, 2.75) is 71.3 Å². The van der Waals surface area contributed by atoms with Crippen LogP contribution in [0.4, 0.5) is 0 Å². The van der Waals surface area contributed by atoms with Gasteiger partial charge in [0, 0.05) is 25.6 Å². The standard InChI is InChI=1S/C17H32N2O/c1-3-5-9-17(20)19-13-10-16-15(14-19)8-7-12-18(16)11-6-4-2/h15-16H,3-14H2,1-2H3/t15-,16-/m1/s1. The van der Waals surface area contributed by atoms with Crippen molar-refractivity contribution >= 4 is 5.91 Å². The van der Waals surface area contributed by atoms with Gasteiger partial charge in [-0.05, 0) is 51.1 Å². The molecule has 2 aliphatic rings. The molecule has 0 aromatic heterocycles. The van der Waals surface area contributed by atoms with E-state index in [0.717, 1.165) is 44.3 Å². The molecule has 2 atom stereocenters. The van der Waals surface area contributed by atoms with E-state index in [4.69, 9.17) is 0 Å². The van der Waals surface area contributed by atoms with E-state index in [1.54, 1.807) is 0 Å². The van der Waals surface area contributed by atoms with Crippen LogP contribution in [0.1, 0.15) is 65.2 Å². The van der Waals surface area contributed by atoms with E-state index in [1.165, 1.54) is 45.2 Å². The van der Waals surface area contributed by atoms with E-state index < -0.39 is 0 Å². The average Bonchev–Trinajstić information content (AvgIpc) is 2.49. The molecule has 0 saturated carbocycles. The molecular formula is C17H32N2O. The Bertz CT molecular complexity index is 305. The topological polar surface area (TPSA) is 23.6 Å². The van der Waals surface area contributed by atoms with Gasteiger partial charge in [0.05, 0.1) is 0 Å².